The van der Waals surface area contributed by atoms with Crippen LogP contribution in [0.3, 0.4) is 0 Å². The lowest BCUT2D eigenvalue weighted by atomic mass is 10.1. The number of nitrogens with one attached hydrogen (secondary N) is 1. The Kier molecular flexibility index (Phi) is 6.93. The molecule has 176 valence electrons. The topological polar surface area (TPSA) is 95.3 Å². The minimum absolute atomic E-state index is 0.196. The second-order valence-corrected chi connectivity index (χ2v) is 8.64. The Bertz CT molecular complexity index is 1360. The van der Waals surface area contributed by atoms with Gasteiger partial charge in [0.2, 0.25) is 5.78 Å². The zero-order valence-corrected chi connectivity index (χ0v) is 20.4. The first-order chi connectivity index (χ1) is 16.5. The molecule has 2 aromatic heterocycles. The van der Waals surface area contributed by atoms with Crippen molar-refractivity contribution in [2.75, 3.05) is 20.8 Å². The summed E-state index contributed by atoms with van der Waals surface area (Å²) in [4.78, 5) is 30.2. The van der Waals surface area contributed by atoms with Crippen LogP contribution in [-0.2, 0) is 6.54 Å². The van der Waals surface area contributed by atoms with Crippen molar-refractivity contribution in [1.29, 1.82) is 0 Å². The van der Waals surface area contributed by atoms with Gasteiger partial charge in [0.05, 0.1) is 20.8 Å². The zero-order valence-electron chi connectivity index (χ0n) is 19.5. The van der Waals surface area contributed by atoms with Crippen molar-refractivity contribution < 1.29 is 19.1 Å². The molecule has 34 heavy (non-hydrogen) atoms. The third kappa shape index (κ3) is 4.51. The van der Waals surface area contributed by atoms with Crippen LogP contribution in [0.25, 0.3) is 21.5 Å². The molecule has 4 aromatic rings. The maximum atomic E-state index is 13.0. The average Bonchev–Trinajstić information content (AvgIpc) is 3.47. The number of amides is 1. The molecule has 8 nitrogen and oxygen atoms in total. The molecule has 4 rings (SSSR count). The van der Waals surface area contributed by atoms with E-state index < -0.39 is 5.91 Å². The lowest BCUT2D eigenvalue weighted by Gasteiger charge is -2.10. The number of benzene rings is 2. The maximum absolute atomic E-state index is 13.0. The number of nitrogens with zero attached hydrogens (tertiary/aromatic N) is 3. The van der Waals surface area contributed by atoms with Crippen LogP contribution in [0.1, 0.15) is 39.9 Å². The third-order valence-corrected chi connectivity index (χ3v) is 6.58. The molecule has 0 bridgehead atoms. The lowest BCUT2D eigenvalue weighted by Crippen LogP contribution is -2.31. The predicted molar refractivity (Wildman–Crippen MR) is 132 cm³/mol. The molecule has 0 radical (unpaired) electrons. The van der Waals surface area contributed by atoms with Crippen molar-refractivity contribution in [3.63, 3.8) is 0 Å². The SMILES string of the molecule is CCCn1nc(-c2csc3c(C)cccc23)nc1C(=O)CNC(=O)c1ccc(OC)c(OC)c1. The van der Waals surface area contributed by atoms with E-state index in [1.807, 2.05) is 24.4 Å². The van der Waals surface area contributed by atoms with Crippen molar-refractivity contribution in [2.45, 2.75) is 26.8 Å². The number of carbonyl (C=O) groups is 2. The van der Waals surface area contributed by atoms with Crippen molar-refractivity contribution in [3.05, 3.63) is 58.7 Å². The van der Waals surface area contributed by atoms with Crippen LogP contribution in [0, 0.1) is 6.92 Å². The first kappa shape index (κ1) is 23.4. The van der Waals surface area contributed by atoms with E-state index in [9.17, 15) is 9.59 Å². The van der Waals surface area contributed by atoms with Gasteiger partial charge in [-0.2, -0.15) is 5.10 Å². The number of rotatable bonds is 9. The molecule has 2 aromatic carbocycles. The molecule has 0 unspecified atom stereocenters. The molecule has 0 aliphatic heterocycles. The number of hydrogen-bond acceptors (Lipinski definition) is 7. The second-order valence-electron chi connectivity index (χ2n) is 7.76. The number of ether oxygens (including phenoxy) is 2. The Morgan fingerprint density at radius 2 is 1.91 bits per heavy atom. The first-order valence-corrected chi connectivity index (χ1v) is 11.8. The van der Waals surface area contributed by atoms with Gasteiger partial charge in [-0.25, -0.2) is 9.67 Å². The molecule has 1 amide bonds. The second kappa shape index (κ2) is 10.0. The summed E-state index contributed by atoms with van der Waals surface area (Å²) >= 11 is 1.64. The van der Waals surface area contributed by atoms with E-state index >= 15 is 0 Å². The largest absolute Gasteiger partial charge is 0.493 e. The lowest BCUT2D eigenvalue weighted by molar-refractivity contribution is 0.0897. The van der Waals surface area contributed by atoms with Gasteiger partial charge in [0, 0.05) is 33.1 Å². The van der Waals surface area contributed by atoms with Gasteiger partial charge in [-0.3, -0.25) is 9.59 Å². The fourth-order valence-electron chi connectivity index (χ4n) is 3.72. The molecule has 0 aliphatic rings. The highest BCUT2D eigenvalue weighted by molar-refractivity contribution is 7.18. The number of thiophene rings is 1. The number of fused-ring (bicyclic) bond motifs is 1. The average molecular weight is 479 g/mol. The van der Waals surface area contributed by atoms with Crippen LogP contribution in [0.2, 0.25) is 0 Å². The van der Waals surface area contributed by atoms with Gasteiger partial charge in [-0.05, 0) is 37.1 Å². The molecule has 0 aliphatic carbocycles. The Hall–Kier alpha value is -3.72. The van der Waals surface area contributed by atoms with Crippen LogP contribution >= 0.6 is 11.3 Å². The summed E-state index contributed by atoms with van der Waals surface area (Å²) in [6, 6.07) is 10.9. The molecule has 0 fully saturated rings. The normalized spacial score (nSPS) is 10.9. The van der Waals surface area contributed by atoms with Gasteiger partial charge in [-0.1, -0.05) is 25.1 Å². The molecule has 0 saturated carbocycles. The third-order valence-electron chi connectivity index (χ3n) is 5.45. The molecule has 2 heterocycles. The molecule has 0 atom stereocenters. The van der Waals surface area contributed by atoms with Gasteiger partial charge in [-0.15, -0.1) is 11.3 Å². The minimum Gasteiger partial charge on any atom is -0.493 e. The summed E-state index contributed by atoms with van der Waals surface area (Å²) in [5, 5.41) is 10.4. The van der Waals surface area contributed by atoms with Crippen LogP contribution in [0.5, 0.6) is 11.5 Å². The highest BCUT2D eigenvalue weighted by Gasteiger charge is 2.21. The molecular weight excluding hydrogens is 452 g/mol. The van der Waals surface area contributed by atoms with E-state index in [1.165, 1.54) is 24.5 Å². The molecule has 9 heteroatoms. The summed E-state index contributed by atoms with van der Waals surface area (Å²) in [7, 11) is 3.02. The van der Waals surface area contributed by atoms with Crippen LogP contribution < -0.4 is 14.8 Å². The van der Waals surface area contributed by atoms with Crippen LogP contribution in [-0.4, -0.2) is 47.2 Å². The number of ketones is 1. The van der Waals surface area contributed by atoms with E-state index in [1.54, 1.807) is 34.2 Å². The molecule has 0 spiro atoms. The summed E-state index contributed by atoms with van der Waals surface area (Å²) in [6.45, 7) is 4.44. The smallest absolute Gasteiger partial charge is 0.251 e. The van der Waals surface area contributed by atoms with Gasteiger partial charge >= 0.3 is 0 Å². The number of Topliss-reactive ketones (excluding diaryl/α,β-unsaturated/α-hetero) is 1. The first-order valence-electron chi connectivity index (χ1n) is 10.9. The fraction of sp³-hybridized carbons (Fsp3) is 0.280. The number of aromatic nitrogens is 3. The van der Waals surface area contributed by atoms with Crippen molar-refractivity contribution >= 4 is 33.1 Å². The Balaban J connectivity index is 1.55. The zero-order chi connectivity index (χ0) is 24.2. The molecule has 0 saturated heterocycles. The van der Waals surface area contributed by atoms with E-state index in [-0.39, 0.29) is 18.2 Å². The number of aryl methyl sites for hydroxylation is 2. The molecular formula is C25H26N4O4S. The quantitative estimate of drug-likeness (QED) is 0.356. The summed E-state index contributed by atoms with van der Waals surface area (Å²) in [5.74, 6) is 1.00. The number of methoxy groups -OCH3 is 2. The summed E-state index contributed by atoms with van der Waals surface area (Å²) in [6.07, 6.45) is 0.796. The number of hydrogen-bond donors (Lipinski definition) is 1. The van der Waals surface area contributed by atoms with Crippen molar-refractivity contribution in [2.24, 2.45) is 0 Å². The Morgan fingerprint density at radius 1 is 1.12 bits per heavy atom. The van der Waals surface area contributed by atoms with Crippen molar-refractivity contribution in [3.8, 4) is 22.9 Å². The standard InChI is InChI=1S/C25H26N4O4S/c1-5-11-29-24(27-23(28-29)18-14-34-22-15(2)7-6-8-17(18)22)19(30)13-26-25(31)16-9-10-20(32-3)21(12-16)33-4/h6-10,12,14H,5,11,13H2,1-4H3,(H,26,31). The summed E-state index contributed by atoms with van der Waals surface area (Å²) < 4.78 is 13.3. The van der Waals surface area contributed by atoms with Gasteiger partial charge in [0.25, 0.3) is 5.91 Å². The number of carbonyl (C=O) groups excluding carboxylic acids is 2. The van der Waals surface area contributed by atoms with E-state index in [4.69, 9.17) is 9.47 Å². The van der Waals surface area contributed by atoms with Gasteiger partial charge in [0.1, 0.15) is 0 Å². The van der Waals surface area contributed by atoms with Crippen LogP contribution in [0.4, 0.5) is 0 Å². The van der Waals surface area contributed by atoms with E-state index in [0.717, 1.165) is 17.4 Å². The van der Waals surface area contributed by atoms with Crippen LogP contribution in [0.15, 0.2) is 41.8 Å². The fourth-order valence-corrected chi connectivity index (χ4v) is 4.75. The van der Waals surface area contributed by atoms with Crippen molar-refractivity contribution in [1.82, 2.24) is 20.1 Å². The minimum atomic E-state index is -0.393. The highest BCUT2D eigenvalue weighted by atomic mass is 32.1. The van der Waals surface area contributed by atoms with Gasteiger partial charge < -0.3 is 14.8 Å². The summed E-state index contributed by atoms with van der Waals surface area (Å²) in [5.41, 5.74) is 2.46. The molecule has 1 N–H and O–H groups in total. The predicted octanol–water partition coefficient (Wildman–Crippen LogP) is 4.51. The van der Waals surface area contributed by atoms with E-state index in [0.29, 0.717) is 29.4 Å². The maximum Gasteiger partial charge on any atom is 0.251 e. The highest BCUT2D eigenvalue weighted by Crippen LogP contribution is 2.34. The monoisotopic (exact) mass is 478 g/mol. The Labute approximate surface area is 201 Å². The van der Waals surface area contributed by atoms with E-state index in [2.05, 4.69) is 28.4 Å². The Morgan fingerprint density at radius 3 is 2.65 bits per heavy atom. The van der Waals surface area contributed by atoms with Gasteiger partial charge in [0.15, 0.2) is 23.1 Å².